The number of aryl methyl sites for hydroxylation is 1. The van der Waals surface area contributed by atoms with Crippen LogP contribution in [0.3, 0.4) is 0 Å². The lowest BCUT2D eigenvalue weighted by Gasteiger charge is -2.27. The van der Waals surface area contributed by atoms with Crippen molar-refractivity contribution in [3.63, 3.8) is 0 Å². The van der Waals surface area contributed by atoms with E-state index >= 15 is 0 Å². The molecule has 6 nitrogen and oxygen atoms in total. The molecule has 2 saturated heterocycles. The molecular weight excluding hydrogens is 474 g/mol. The standard InChI is InChI=1S/C23H39N3O2.C9H12O/c1-4-6-13-25(14-8-12-24)23(27)18-26-17-20(16-19(26)3)9-7-10-22-21(5-2)11-15-28-22;1-3-8-6-4-5-7-9(8)10-2/h5,7,9-10,19-20H,4,6,8,11-18,24H2,1-3H3;4-7H,3H2,1-2H3/b9-7+,21-5-,22-10+;/t19-,20+;/m0./s1. The SMILES string of the molecule is C/C=C1/CCO/C1=C/C=C/[C@@H]1C[C@H](C)N(CC(=O)N(CCCC)CCCN)C1.CCc1ccccc1OC. The zero-order valence-electron chi connectivity index (χ0n) is 24.5. The molecule has 2 N–H and O–H groups in total. The maximum Gasteiger partial charge on any atom is 0.236 e. The highest BCUT2D eigenvalue weighted by atomic mass is 16.5. The third-order valence-corrected chi connectivity index (χ3v) is 7.34. The quantitative estimate of drug-likeness (QED) is 0.377. The van der Waals surface area contributed by atoms with E-state index in [1.807, 2.05) is 23.1 Å². The molecule has 1 aromatic carbocycles. The number of likely N-dealkylation sites (tertiary alicyclic amines) is 1. The predicted octanol–water partition coefficient (Wildman–Crippen LogP) is 5.74. The van der Waals surface area contributed by atoms with Crippen LogP contribution in [0.25, 0.3) is 0 Å². The van der Waals surface area contributed by atoms with Crippen molar-refractivity contribution in [1.29, 1.82) is 0 Å². The number of allylic oxidation sites excluding steroid dienone is 4. The number of nitrogens with zero attached hydrogens (tertiary/aromatic N) is 2. The van der Waals surface area contributed by atoms with Crippen LogP contribution in [0.5, 0.6) is 5.75 Å². The van der Waals surface area contributed by atoms with Crippen molar-refractivity contribution in [3.8, 4) is 5.75 Å². The van der Waals surface area contributed by atoms with E-state index in [2.05, 4.69) is 63.0 Å². The molecule has 1 amide bonds. The first kappa shape index (κ1) is 31.6. The van der Waals surface area contributed by atoms with E-state index < -0.39 is 0 Å². The molecule has 38 heavy (non-hydrogen) atoms. The first-order chi connectivity index (χ1) is 18.5. The Balaban J connectivity index is 0.000000423. The van der Waals surface area contributed by atoms with Crippen molar-refractivity contribution in [1.82, 2.24) is 9.80 Å². The minimum absolute atomic E-state index is 0.248. The summed E-state index contributed by atoms with van der Waals surface area (Å²) >= 11 is 0. The van der Waals surface area contributed by atoms with Gasteiger partial charge in [0.2, 0.25) is 5.91 Å². The summed E-state index contributed by atoms with van der Waals surface area (Å²) in [6.45, 7) is 13.1. The molecule has 212 valence electrons. The van der Waals surface area contributed by atoms with Crippen LogP contribution < -0.4 is 10.5 Å². The van der Waals surface area contributed by atoms with E-state index in [9.17, 15) is 4.79 Å². The zero-order chi connectivity index (χ0) is 27.8. The van der Waals surface area contributed by atoms with E-state index in [-0.39, 0.29) is 5.91 Å². The van der Waals surface area contributed by atoms with Gasteiger partial charge in [-0.25, -0.2) is 0 Å². The number of para-hydroxylation sites is 1. The highest BCUT2D eigenvalue weighted by Gasteiger charge is 2.29. The van der Waals surface area contributed by atoms with Gasteiger partial charge in [-0.05, 0) is 75.3 Å². The van der Waals surface area contributed by atoms with E-state index in [1.165, 1.54) is 11.1 Å². The van der Waals surface area contributed by atoms with E-state index in [4.69, 9.17) is 15.2 Å². The Morgan fingerprint density at radius 2 is 2.00 bits per heavy atom. The van der Waals surface area contributed by atoms with Crippen LogP contribution in [0.4, 0.5) is 0 Å². The van der Waals surface area contributed by atoms with Crippen LogP contribution in [0.15, 0.2) is 59.9 Å². The lowest BCUT2D eigenvalue weighted by Crippen LogP contribution is -2.42. The Hall–Kier alpha value is -2.57. The fourth-order valence-electron chi connectivity index (χ4n) is 4.99. The molecule has 1 aromatic rings. The highest BCUT2D eigenvalue weighted by molar-refractivity contribution is 5.78. The van der Waals surface area contributed by atoms with E-state index in [0.717, 1.165) is 76.3 Å². The van der Waals surface area contributed by atoms with E-state index in [1.54, 1.807) is 7.11 Å². The topological polar surface area (TPSA) is 68.0 Å². The normalized spacial score (nSPS) is 21.5. The van der Waals surface area contributed by atoms with Gasteiger partial charge < -0.3 is 20.1 Å². The van der Waals surface area contributed by atoms with Gasteiger partial charge in [-0.15, -0.1) is 0 Å². The van der Waals surface area contributed by atoms with Gasteiger partial charge in [0.15, 0.2) is 0 Å². The molecule has 2 aliphatic heterocycles. The number of hydrogen-bond donors (Lipinski definition) is 1. The fourth-order valence-corrected chi connectivity index (χ4v) is 4.99. The largest absolute Gasteiger partial charge is 0.496 e. The van der Waals surface area contributed by atoms with Gasteiger partial charge in [-0.3, -0.25) is 9.69 Å². The summed E-state index contributed by atoms with van der Waals surface area (Å²) in [5, 5.41) is 0. The van der Waals surface area contributed by atoms with Crippen LogP contribution in [-0.4, -0.2) is 68.2 Å². The number of methoxy groups -OCH3 is 1. The van der Waals surface area contributed by atoms with Crippen molar-refractivity contribution < 1.29 is 14.3 Å². The smallest absolute Gasteiger partial charge is 0.236 e. The molecule has 0 saturated carbocycles. The van der Waals surface area contributed by atoms with Crippen LogP contribution in [0, 0.1) is 5.92 Å². The van der Waals surface area contributed by atoms with Crippen LogP contribution in [0.1, 0.15) is 65.4 Å². The summed E-state index contributed by atoms with van der Waals surface area (Å²) in [6.07, 6.45) is 14.8. The Morgan fingerprint density at radius 3 is 2.66 bits per heavy atom. The van der Waals surface area contributed by atoms with Gasteiger partial charge in [-0.1, -0.05) is 56.7 Å². The summed E-state index contributed by atoms with van der Waals surface area (Å²) < 4.78 is 10.8. The lowest BCUT2D eigenvalue weighted by atomic mass is 10.1. The predicted molar refractivity (Wildman–Crippen MR) is 158 cm³/mol. The molecule has 0 unspecified atom stereocenters. The van der Waals surface area contributed by atoms with Crippen molar-refractivity contribution in [2.75, 3.05) is 46.4 Å². The third kappa shape index (κ3) is 10.3. The molecule has 0 bridgehead atoms. The zero-order valence-corrected chi connectivity index (χ0v) is 24.5. The number of amides is 1. The molecule has 2 fully saturated rings. The first-order valence-electron chi connectivity index (χ1n) is 14.5. The molecule has 0 spiro atoms. The van der Waals surface area contributed by atoms with Crippen molar-refractivity contribution in [2.24, 2.45) is 11.7 Å². The second-order valence-electron chi connectivity index (χ2n) is 10.1. The molecule has 0 aromatic heterocycles. The molecule has 0 aliphatic carbocycles. The number of unbranched alkanes of at least 4 members (excludes halogenated alkanes) is 1. The van der Waals surface area contributed by atoms with Crippen molar-refractivity contribution >= 4 is 5.91 Å². The molecule has 6 heteroatoms. The maximum absolute atomic E-state index is 12.8. The van der Waals surface area contributed by atoms with E-state index in [0.29, 0.717) is 25.0 Å². The summed E-state index contributed by atoms with van der Waals surface area (Å²) in [5.74, 6) is 2.73. The number of carbonyl (C=O) groups excluding carboxylic acids is 1. The average Bonchev–Trinajstić information content (AvgIpc) is 3.54. The number of nitrogens with two attached hydrogens (primary N) is 1. The van der Waals surface area contributed by atoms with Gasteiger partial charge in [0.25, 0.3) is 0 Å². The Bertz CT molecular complexity index is 893. The lowest BCUT2D eigenvalue weighted by molar-refractivity contribution is -0.132. The molecule has 2 heterocycles. The van der Waals surface area contributed by atoms with Gasteiger partial charge in [0, 0.05) is 32.1 Å². The molecule has 0 radical (unpaired) electrons. The molecule has 2 atom stereocenters. The summed E-state index contributed by atoms with van der Waals surface area (Å²) in [7, 11) is 1.70. The highest BCUT2D eigenvalue weighted by Crippen LogP contribution is 2.26. The fraction of sp³-hybridized carbons (Fsp3) is 0.594. The van der Waals surface area contributed by atoms with Gasteiger partial charge >= 0.3 is 0 Å². The van der Waals surface area contributed by atoms with Crippen LogP contribution in [0.2, 0.25) is 0 Å². The van der Waals surface area contributed by atoms with Crippen molar-refractivity contribution in [2.45, 2.75) is 72.3 Å². The monoisotopic (exact) mass is 525 g/mol. The van der Waals surface area contributed by atoms with Crippen molar-refractivity contribution in [3.05, 3.63) is 65.5 Å². The summed E-state index contributed by atoms with van der Waals surface area (Å²) in [5.41, 5.74) is 8.21. The Morgan fingerprint density at radius 1 is 1.24 bits per heavy atom. The average molecular weight is 526 g/mol. The van der Waals surface area contributed by atoms with Crippen LogP contribution >= 0.6 is 0 Å². The summed E-state index contributed by atoms with van der Waals surface area (Å²) in [4.78, 5) is 17.1. The van der Waals surface area contributed by atoms with Gasteiger partial charge in [-0.2, -0.15) is 0 Å². The second-order valence-corrected chi connectivity index (χ2v) is 10.1. The molecule has 2 aliphatic rings. The third-order valence-electron chi connectivity index (χ3n) is 7.34. The Labute approximate surface area is 231 Å². The minimum atomic E-state index is 0.248. The number of hydrogen-bond acceptors (Lipinski definition) is 5. The molecular formula is C32H51N3O3. The number of benzene rings is 1. The van der Waals surface area contributed by atoms with Crippen LogP contribution in [-0.2, 0) is 16.0 Å². The first-order valence-corrected chi connectivity index (χ1v) is 14.5. The molecule has 3 rings (SSSR count). The maximum atomic E-state index is 12.8. The number of ether oxygens (including phenoxy) is 2. The number of rotatable bonds is 12. The Kier molecular flexibility index (Phi) is 14.9. The summed E-state index contributed by atoms with van der Waals surface area (Å²) in [6, 6.07) is 8.51. The minimum Gasteiger partial charge on any atom is -0.496 e. The number of carbonyl (C=O) groups is 1. The van der Waals surface area contributed by atoms with Gasteiger partial charge in [0.1, 0.15) is 11.5 Å². The van der Waals surface area contributed by atoms with Gasteiger partial charge in [0.05, 0.1) is 20.3 Å². The second kappa shape index (κ2) is 17.8.